The summed E-state index contributed by atoms with van der Waals surface area (Å²) < 4.78 is 2.17. The number of ketones is 1. The summed E-state index contributed by atoms with van der Waals surface area (Å²) in [4.78, 5) is 19.2. The molecule has 0 bridgehead atoms. The minimum atomic E-state index is -0.0403. The van der Waals surface area contributed by atoms with Crippen molar-refractivity contribution in [1.82, 2.24) is 14.5 Å². The molecule has 0 fully saturated rings. The Bertz CT molecular complexity index is 957. The molecule has 0 aliphatic carbocycles. The van der Waals surface area contributed by atoms with E-state index in [1.165, 1.54) is 0 Å². The summed E-state index contributed by atoms with van der Waals surface area (Å²) in [6.07, 6.45) is 9.21. The molecule has 4 heteroatoms. The summed E-state index contributed by atoms with van der Waals surface area (Å²) in [6, 6.07) is 17.4. The van der Waals surface area contributed by atoms with Gasteiger partial charge in [-0.2, -0.15) is 0 Å². The Morgan fingerprint density at radius 2 is 1.96 bits per heavy atom. The Labute approximate surface area is 152 Å². The average Bonchev–Trinajstić information content (AvgIpc) is 3.26. The van der Waals surface area contributed by atoms with Crippen LogP contribution in [-0.2, 0) is 0 Å². The van der Waals surface area contributed by atoms with Gasteiger partial charge in [0.05, 0.1) is 11.4 Å². The minimum absolute atomic E-state index is 0.00533. The van der Waals surface area contributed by atoms with E-state index in [9.17, 15) is 4.79 Å². The molecule has 4 rings (SSSR count). The summed E-state index contributed by atoms with van der Waals surface area (Å²) in [5, 5.41) is 0. The van der Waals surface area contributed by atoms with Crippen molar-refractivity contribution in [2.75, 3.05) is 6.54 Å². The molecule has 0 N–H and O–H groups in total. The molecule has 0 saturated carbocycles. The molecule has 1 aliphatic heterocycles. The number of benzene rings is 1. The van der Waals surface area contributed by atoms with Gasteiger partial charge in [0.2, 0.25) is 0 Å². The number of aromatic nitrogens is 2. The van der Waals surface area contributed by atoms with Gasteiger partial charge >= 0.3 is 0 Å². The first-order valence-electron chi connectivity index (χ1n) is 8.55. The molecule has 0 radical (unpaired) electrons. The fourth-order valence-corrected chi connectivity index (χ4v) is 3.43. The fraction of sp³-hybridized carbons (Fsp3) is 0.0909. The first-order chi connectivity index (χ1) is 12.8. The van der Waals surface area contributed by atoms with Gasteiger partial charge in [-0.25, -0.2) is 0 Å². The van der Waals surface area contributed by atoms with Crippen LogP contribution >= 0.6 is 0 Å². The highest BCUT2D eigenvalue weighted by Crippen LogP contribution is 2.39. The highest BCUT2D eigenvalue weighted by atomic mass is 16.1. The molecular weight excluding hydrogens is 322 g/mol. The fourth-order valence-electron chi connectivity index (χ4n) is 3.43. The lowest BCUT2D eigenvalue weighted by Crippen LogP contribution is -2.25. The van der Waals surface area contributed by atoms with E-state index < -0.39 is 0 Å². The van der Waals surface area contributed by atoms with Crippen molar-refractivity contribution in [1.29, 1.82) is 0 Å². The van der Waals surface area contributed by atoms with E-state index in [-0.39, 0.29) is 11.9 Å². The van der Waals surface area contributed by atoms with Crippen molar-refractivity contribution in [2.45, 2.75) is 6.17 Å². The van der Waals surface area contributed by atoms with Gasteiger partial charge < -0.3 is 9.47 Å². The molecule has 1 unspecified atom stereocenters. The highest BCUT2D eigenvalue weighted by Gasteiger charge is 2.33. The summed E-state index contributed by atoms with van der Waals surface area (Å²) >= 11 is 0. The Morgan fingerprint density at radius 3 is 2.69 bits per heavy atom. The second-order valence-electron chi connectivity index (χ2n) is 6.16. The molecule has 2 aromatic heterocycles. The van der Waals surface area contributed by atoms with Gasteiger partial charge in [-0.15, -0.1) is 6.58 Å². The van der Waals surface area contributed by atoms with E-state index in [0.29, 0.717) is 12.1 Å². The van der Waals surface area contributed by atoms with Gasteiger partial charge in [0.15, 0.2) is 5.78 Å². The third kappa shape index (κ3) is 2.75. The van der Waals surface area contributed by atoms with Gasteiger partial charge in [0.1, 0.15) is 6.17 Å². The maximum absolute atomic E-state index is 12.8. The summed E-state index contributed by atoms with van der Waals surface area (Å²) in [5.41, 5.74) is 3.67. The largest absolute Gasteiger partial charge is 0.341 e. The lowest BCUT2D eigenvalue weighted by molar-refractivity contribution is 0.104. The molecule has 1 atom stereocenters. The topological polar surface area (TPSA) is 38.1 Å². The van der Waals surface area contributed by atoms with Crippen LogP contribution in [0.4, 0.5) is 0 Å². The van der Waals surface area contributed by atoms with Crippen LogP contribution in [0.1, 0.15) is 27.8 Å². The molecule has 1 aliphatic rings. The minimum Gasteiger partial charge on any atom is -0.341 e. The Kier molecular flexibility index (Phi) is 4.23. The lowest BCUT2D eigenvalue weighted by atomic mass is 10.1. The van der Waals surface area contributed by atoms with Gasteiger partial charge in [0.25, 0.3) is 0 Å². The summed E-state index contributed by atoms with van der Waals surface area (Å²) in [6.45, 7) is 4.53. The maximum Gasteiger partial charge on any atom is 0.187 e. The van der Waals surface area contributed by atoms with Crippen molar-refractivity contribution in [3.63, 3.8) is 0 Å². The quantitative estimate of drug-likeness (QED) is 0.397. The van der Waals surface area contributed by atoms with E-state index in [1.807, 2.05) is 67.0 Å². The van der Waals surface area contributed by atoms with E-state index in [0.717, 1.165) is 17.0 Å². The summed E-state index contributed by atoms with van der Waals surface area (Å²) in [7, 11) is 0. The number of rotatable bonds is 5. The molecular formula is C22H19N3O. The van der Waals surface area contributed by atoms with Crippen LogP contribution in [0.25, 0.3) is 5.70 Å². The predicted octanol–water partition coefficient (Wildman–Crippen LogP) is 4.16. The first-order valence-corrected chi connectivity index (χ1v) is 8.55. The molecule has 1 aromatic carbocycles. The van der Waals surface area contributed by atoms with Gasteiger partial charge in [-0.1, -0.05) is 42.5 Å². The van der Waals surface area contributed by atoms with Gasteiger partial charge in [0, 0.05) is 42.3 Å². The van der Waals surface area contributed by atoms with Crippen molar-refractivity contribution < 1.29 is 4.79 Å². The monoisotopic (exact) mass is 341 g/mol. The Hall–Kier alpha value is -3.40. The van der Waals surface area contributed by atoms with Crippen molar-refractivity contribution in [3.05, 3.63) is 109 Å². The Morgan fingerprint density at radius 1 is 1.12 bits per heavy atom. The van der Waals surface area contributed by atoms with E-state index in [2.05, 4.69) is 27.1 Å². The molecule has 0 spiro atoms. The highest BCUT2D eigenvalue weighted by molar-refractivity contribution is 6.08. The third-order valence-electron chi connectivity index (χ3n) is 4.54. The molecule has 4 nitrogen and oxygen atoms in total. The number of hydrogen-bond acceptors (Lipinski definition) is 3. The number of allylic oxidation sites excluding steroid dienone is 1. The second-order valence-corrected chi connectivity index (χ2v) is 6.16. The first kappa shape index (κ1) is 16.1. The number of hydrogen-bond donors (Lipinski definition) is 0. The SMILES string of the molecule is C=CCN1/C(=C/C(=O)c2ccccc2)c2cccn2C1c1cccnc1. The van der Waals surface area contributed by atoms with Crippen LogP contribution in [-0.4, -0.2) is 26.8 Å². The molecule has 128 valence electrons. The van der Waals surface area contributed by atoms with E-state index in [1.54, 1.807) is 12.3 Å². The molecule has 0 saturated heterocycles. The van der Waals surface area contributed by atoms with Crippen molar-refractivity contribution >= 4 is 11.5 Å². The second kappa shape index (κ2) is 6.84. The molecule has 3 heterocycles. The number of carbonyl (C=O) groups excluding carboxylic acids is 1. The zero-order valence-electron chi connectivity index (χ0n) is 14.3. The summed E-state index contributed by atoms with van der Waals surface area (Å²) in [5.74, 6) is -0.00533. The maximum atomic E-state index is 12.8. The van der Waals surface area contributed by atoms with E-state index >= 15 is 0 Å². The van der Waals surface area contributed by atoms with Crippen LogP contribution in [0.2, 0.25) is 0 Å². The molecule has 0 amide bonds. The number of fused-ring (bicyclic) bond motifs is 1. The lowest BCUT2D eigenvalue weighted by Gasteiger charge is -2.27. The predicted molar refractivity (Wildman–Crippen MR) is 102 cm³/mol. The van der Waals surface area contributed by atoms with E-state index in [4.69, 9.17) is 0 Å². The van der Waals surface area contributed by atoms with Crippen molar-refractivity contribution in [2.24, 2.45) is 0 Å². The standard InChI is InChI=1S/C22H19N3O/c1-2-13-24-20(15-21(26)17-8-4-3-5-9-17)19-11-7-14-25(19)22(24)18-10-6-12-23-16-18/h2-12,14-16,22H,1,13H2/b20-15+. The van der Waals surface area contributed by atoms with Crippen molar-refractivity contribution in [3.8, 4) is 0 Å². The zero-order valence-corrected chi connectivity index (χ0v) is 14.3. The van der Waals surface area contributed by atoms with Gasteiger partial charge in [-0.05, 0) is 18.2 Å². The molecule has 3 aromatic rings. The smallest absolute Gasteiger partial charge is 0.187 e. The van der Waals surface area contributed by atoms with Crippen LogP contribution in [0, 0.1) is 0 Å². The molecule has 26 heavy (non-hydrogen) atoms. The number of carbonyl (C=O) groups is 1. The third-order valence-corrected chi connectivity index (χ3v) is 4.54. The van der Waals surface area contributed by atoms with Crippen LogP contribution in [0.3, 0.4) is 0 Å². The van der Waals surface area contributed by atoms with Crippen LogP contribution in [0.5, 0.6) is 0 Å². The van der Waals surface area contributed by atoms with Crippen LogP contribution in [0.15, 0.2) is 91.9 Å². The number of nitrogens with zero attached hydrogens (tertiary/aromatic N) is 3. The average molecular weight is 341 g/mol. The zero-order chi connectivity index (χ0) is 17.9. The number of pyridine rings is 1. The normalized spacial score (nSPS) is 17.3. The van der Waals surface area contributed by atoms with Gasteiger partial charge in [-0.3, -0.25) is 9.78 Å². The Balaban J connectivity index is 1.80. The van der Waals surface area contributed by atoms with Crippen LogP contribution < -0.4 is 0 Å².